The molecule has 1 aliphatic heterocycles. The molecule has 0 saturated carbocycles. The zero-order chi connectivity index (χ0) is 12.3. The third-order valence-corrected chi connectivity index (χ3v) is 5.99. The zero-order valence-electron chi connectivity index (χ0n) is 9.56. The Morgan fingerprint density at radius 3 is 3.00 bits per heavy atom. The fourth-order valence-electron chi connectivity index (χ4n) is 1.87. The predicted octanol–water partition coefficient (Wildman–Crippen LogP) is 3.03. The summed E-state index contributed by atoms with van der Waals surface area (Å²) in [6.45, 7) is 2.08. The molecule has 2 nitrogen and oxygen atoms in total. The predicted molar refractivity (Wildman–Crippen MR) is 71.3 cm³/mol. The summed E-state index contributed by atoms with van der Waals surface area (Å²) in [5.74, 6) is 1.44. The summed E-state index contributed by atoms with van der Waals surface area (Å²) in [5, 5.41) is 0.185. The molecule has 0 aliphatic carbocycles. The van der Waals surface area contributed by atoms with E-state index in [1.54, 1.807) is 11.8 Å². The monoisotopic (exact) mass is 271 g/mol. The Morgan fingerprint density at radius 2 is 2.29 bits per heavy atom. The van der Waals surface area contributed by atoms with Crippen molar-refractivity contribution >= 4 is 29.3 Å². The summed E-state index contributed by atoms with van der Waals surface area (Å²) in [4.78, 5) is 16.0. The maximum atomic E-state index is 13.5. The van der Waals surface area contributed by atoms with Crippen LogP contribution in [-0.2, 0) is 0 Å². The van der Waals surface area contributed by atoms with E-state index in [0.717, 1.165) is 24.1 Å². The van der Waals surface area contributed by atoms with Gasteiger partial charge in [-0.2, -0.15) is 11.8 Å². The Hall–Kier alpha value is -0.550. The average Bonchev–Trinajstić information content (AvgIpc) is 2.38. The van der Waals surface area contributed by atoms with Crippen LogP contribution < -0.4 is 0 Å². The van der Waals surface area contributed by atoms with Crippen LogP contribution in [-0.4, -0.2) is 32.8 Å². The van der Waals surface area contributed by atoms with E-state index in [4.69, 9.17) is 0 Å². The molecule has 2 rings (SSSR count). The Morgan fingerprint density at radius 1 is 1.53 bits per heavy atom. The molecule has 92 valence electrons. The largest absolute Gasteiger partial charge is 0.293 e. The van der Waals surface area contributed by atoms with Crippen LogP contribution in [0.1, 0.15) is 23.7 Å². The van der Waals surface area contributed by atoms with Crippen molar-refractivity contribution in [3.63, 3.8) is 0 Å². The Kier molecular flexibility index (Phi) is 4.45. The lowest BCUT2D eigenvalue weighted by atomic mass is 10.1. The van der Waals surface area contributed by atoms with Gasteiger partial charge >= 0.3 is 0 Å². The van der Waals surface area contributed by atoms with E-state index in [1.807, 2.05) is 11.8 Å². The maximum absolute atomic E-state index is 13.5. The molecule has 2 heterocycles. The van der Waals surface area contributed by atoms with Crippen molar-refractivity contribution in [1.82, 2.24) is 4.98 Å². The number of hydrogen-bond acceptors (Lipinski definition) is 4. The fourth-order valence-corrected chi connectivity index (χ4v) is 4.89. The van der Waals surface area contributed by atoms with Gasteiger partial charge in [-0.3, -0.25) is 9.78 Å². The molecule has 1 aliphatic rings. The maximum Gasteiger partial charge on any atom is 0.179 e. The molecule has 0 spiro atoms. The van der Waals surface area contributed by atoms with Crippen LogP contribution in [0, 0.1) is 5.82 Å². The highest BCUT2D eigenvalue weighted by Gasteiger charge is 2.32. The summed E-state index contributed by atoms with van der Waals surface area (Å²) in [7, 11) is 0. The van der Waals surface area contributed by atoms with E-state index in [1.165, 1.54) is 12.3 Å². The van der Waals surface area contributed by atoms with Gasteiger partial charge in [0.15, 0.2) is 11.6 Å². The molecule has 17 heavy (non-hydrogen) atoms. The number of Topliss-reactive ketones (excluding diaryl/α,β-unsaturated/α-hetero) is 1. The quantitative estimate of drug-likeness (QED) is 0.790. The van der Waals surface area contributed by atoms with Gasteiger partial charge in [-0.15, -0.1) is 11.8 Å². The van der Waals surface area contributed by atoms with Crippen molar-refractivity contribution in [3.05, 3.63) is 29.8 Å². The van der Waals surface area contributed by atoms with Crippen molar-refractivity contribution < 1.29 is 9.18 Å². The van der Waals surface area contributed by atoms with Crippen molar-refractivity contribution in [1.29, 1.82) is 0 Å². The second-order valence-electron chi connectivity index (χ2n) is 3.83. The van der Waals surface area contributed by atoms with Crippen LogP contribution in [0.4, 0.5) is 4.39 Å². The van der Waals surface area contributed by atoms with E-state index >= 15 is 0 Å². The van der Waals surface area contributed by atoms with Gasteiger partial charge in [-0.25, -0.2) is 4.39 Å². The van der Waals surface area contributed by atoms with Crippen molar-refractivity contribution in [2.75, 3.05) is 11.5 Å². The number of rotatable bonds is 3. The molecule has 0 N–H and O–H groups in total. The first-order valence-electron chi connectivity index (χ1n) is 5.61. The lowest BCUT2D eigenvalue weighted by Crippen LogP contribution is -2.33. The minimum absolute atomic E-state index is 0.0889. The SMILES string of the molecule is CCC1SCCSC1C(=O)c1ccncc1F. The highest BCUT2D eigenvalue weighted by molar-refractivity contribution is 8.07. The van der Waals surface area contributed by atoms with Crippen LogP contribution in [0.5, 0.6) is 0 Å². The molecule has 0 amide bonds. The van der Waals surface area contributed by atoms with Gasteiger partial charge in [0.2, 0.25) is 0 Å². The topological polar surface area (TPSA) is 30.0 Å². The molecule has 1 fully saturated rings. The van der Waals surface area contributed by atoms with Gasteiger partial charge in [0.05, 0.1) is 17.0 Å². The molecule has 0 aromatic carbocycles. The summed E-state index contributed by atoms with van der Waals surface area (Å²) in [5.41, 5.74) is 0.179. The van der Waals surface area contributed by atoms with E-state index in [0.29, 0.717) is 5.25 Å². The average molecular weight is 271 g/mol. The lowest BCUT2D eigenvalue weighted by molar-refractivity contribution is 0.0984. The third kappa shape index (κ3) is 2.83. The molecule has 0 bridgehead atoms. The summed E-state index contributed by atoms with van der Waals surface area (Å²) < 4.78 is 13.5. The third-order valence-electron chi connectivity index (χ3n) is 2.75. The standard InChI is InChI=1S/C12H14FNOS2/c1-2-10-12(17-6-5-16-10)11(15)8-3-4-14-7-9(8)13/h3-4,7,10,12H,2,5-6H2,1H3. The number of halogens is 1. The second-order valence-corrected chi connectivity index (χ2v) is 6.43. The minimum atomic E-state index is -0.511. The number of thioether (sulfide) groups is 2. The molecule has 1 aromatic rings. The Balaban J connectivity index is 2.21. The number of aromatic nitrogens is 1. The zero-order valence-corrected chi connectivity index (χ0v) is 11.2. The summed E-state index contributed by atoms with van der Waals surface area (Å²) in [6, 6.07) is 1.48. The normalized spacial score (nSPS) is 24.6. The molecular formula is C12H14FNOS2. The first kappa shape index (κ1) is 12.9. The highest BCUT2D eigenvalue weighted by atomic mass is 32.2. The molecule has 2 unspecified atom stereocenters. The number of pyridine rings is 1. The number of hydrogen-bond donors (Lipinski definition) is 0. The van der Waals surface area contributed by atoms with Gasteiger partial charge in [0.25, 0.3) is 0 Å². The van der Waals surface area contributed by atoms with Gasteiger partial charge in [-0.05, 0) is 12.5 Å². The molecule has 2 atom stereocenters. The first-order chi connectivity index (χ1) is 8.24. The molecule has 5 heteroatoms. The van der Waals surface area contributed by atoms with Crippen LogP contribution in [0.2, 0.25) is 0 Å². The lowest BCUT2D eigenvalue weighted by Gasteiger charge is -2.28. The molecule has 1 aromatic heterocycles. The van der Waals surface area contributed by atoms with E-state index in [2.05, 4.69) is 11.9 Å². The minimum Gasteiger partial charge on any atom is -0.293 e. The second kappa shape index (κ2) is 5.87. The Bertz CT molecular complexity index is 413. The number of ketones is 1. The smallest absolute Gasteiger partial charge is 0.179 e. The Labute approximate surface area is 109 Å². The van der Waals surface area contributed by atoms with Gasteiger partial charge in [0.1, 0.15) is 0 Å². The van der Waals surface area contributed by atoms with Crippen LogP contribution in [0.15, 0.2) is 18.5 Å². The van der Waals surface area contributed by atoms with E-state index in [-0.39, 0.29) is 16.6 Å². The molecule has 0 radical (unpaired) electrons. The van der Waals surface area contributed by atoms with Crippen LogP contribution in [0.3, 0.4) is 0 Å². The summed E-state index contributed by atoms with van der Waals surface area (Å²) >= 11 is 3.47. The highest BCUT2D eigenvalue weighted by Crippen LogP contribution is 2.35. The number of nitrogens with zero attached hydrogens (tertiary/aromatic N) is 1. The van der Waals surface area contributed by atoms with E-state index < -0.39 is 5.82 Å². The number of carbonyl (C=O) groups excluding carboxylic acids is 1. The van der Waals surface area contributed by atoms with Crippen molar-refractivity contribution in [2.24, 2.45) is 0 Å². The summed E-state index contributed by atoms with van der Waals surface area (Å²) in [6.07, 6.45) is 3.52. The van der Waals surface area contributed by atoms with E-state index in [9.17, 15) is 9.18 Å². The van der Waals surface area contributed by atoms with Crippen molar-refractivity contribution in [3.8, 4) is 0 Å². The first-order valence-corrected chi connectivity index (χ1v) is 7.70. The van der Waals surface area contributed by atoms with Gasteiger partial charge < -0.3 is 0 Å². The van der Waals surface area contributed by atoms with Crippen LogP contribution in [0.25, 0.3) is 0 Å². The number of carbonyl (C=O) groups is 1. The molecular weight excluding hydrogens is 257 g/mol. The van der Waals surface area contributed by atoms with Gasteiger partial charge in [0, 0.05) is 23.0 Å². The van der Waals surface area contributed by atoms with Gasteiger partial charge in [-0.1, -0.05) is 6.92 Å². The van der Waals surface area contributed by atoms with Crippen molar-refractivity contribution in [2.45, 2.75) is 23.8 Å². The fraction of sp³-hybridized carbons (Fsp3) is 0.500. The molecule has 1 saturated heterocycles. The van der Waals surface area contributed by atoms with Crippen LogP contribution >= 0.6 is 23.5 Å².